The standard InChI is InChI=1S/C49H51N3O6/c1-33-45(31-52(3)34(2)46(54)38-12-6-4-7-13-38)57-48(58-47(33)39-19-17-35(32-53)18-20-39)40-23-21-37(22-24-40)41-14-10-11-36(29-41)30-50-49(55)51-42-25-27-44(28-26-42)56-43-15-8-5-9-16-43/h4-29,33-34,45-48,53-54H,30-32H2,1-3H3,(H2,50,51,55)/t33-,34+,45+,46+,47+,48+/m0/s1. The molecule has 1 fully saturated rings. The maximum atomic E-state index is 12.8. The van der Waals surface area contributed by atoms with Gasteiger partial charge in [0.05, 0.1) is 24.9 Å². The van der Waals surface area contributed by atoms with Crippen molar-refractivity contribution in [2.75, 3.05) is 18.9 Å². The fourth-order valence-corrected chi connectivity index (χ4v) is 7.23. The van der Waals surface area contributed by atoms with Crippen molar-refractivity contribution in [3.05, 3.63) is 186 Å². The van der Waals surface area contributed by atoms with E-state index < -0.39 is 12.4 Å². The molecule has 0 unspecified atom stereocenters. The molecule has 1 aliphatic heterocycles. The lowest BCUT2D eigenvalue weighted by atomic mass is 9.89. The van der Waals surface area contributed by atoms with Gasteiger partial charge in [0.2, 0.25) is 0 Å². The van der Waals surface area contributed by atoms with Crippen LogP contribution in [-0.4, -0.2) is 46.9 Å². The first-order chi connectivity index (χ1) is 28.2. The molecule has 9 nitrogen and oxygen atoms in total. The van der Waals surface area contributed by atoms with E-state index in [0.717, 1.165) is 44.7 Å². The van der Waals surface area contributed by atoms with Crippen LogP contribution in [0.15, 0.2) is 158 Å². The molecule has 7 rings (SSSR count). The number of aliphatic hydroxyl groups excluding tert-OH is 2. The Labute approximate surface area is 340 Å². The highest BCUT2D eigenvalue weighted by Gasteiger charge is 2.39. The summed E-state index contributed by atoms with van der Waals surface area (Å²) in [6.07, 6.45) is -1.73. The van der Waals surface area contributed by atoms with Crippen LogP contribution < -0.4 is 15.4 Å². The molecule has 6 aromatic rings. The monoisotopic (exact) mass is 777 g/mol. The largest absolute Gasteiger partial charge is 0.457 e. The number of rotatable bonds is 14. The lowest BCUT2D eigenvalue weighted by molar-refractivity contribution is -0.276. The van der Waals surface area contributed by atoms with Crippen LogP contribution in [0, 0.1) is 5.92 Å². The highest BCUT2D eigenvalue weighted by Crippen LogP contribution is 2.42. The summed E-state index contributed by atoms with van der Waals surface area (Å²) in [6, 6.07) is 50.3. The first-order valence-electron chi connectivity index (χ1n) is 19.7. The quantitative estimate of drug-likeness (QED) is 0.0872. The molecule has 9 heteroatoms. The third-order valence-corrected chi connectivity index (χ3v) is 10.9. The van der Waals surface area contributed by atoms with Crippen LogP contribution in [0.25, 0.3) is 11.1 Å². The summed E-state index contributed by atoms with van der Waals surface area (Å²) in [7, 11) is 2.02. The van der Waals surface area contributed by atoms with Crippen molar-refractivity contribution in [2.24, 2.45) is 5.92 Å². The Kier molecular flexibility index (Phi) is 13.3. The van der Waals surface area contributed by atoms with Gasteiger partial charge in [-0.15, -0.1) is 0 Å². The molecule has 0 radical (unpaired) electrons. The lowest BCUT2D eigenvalue weighted by Gasteiger charge is -2.43. The van der Waals surface area contributed by atoms with Crippen molar-refractivity contribution in [3.8, 4) is 22.6 Å². The topological polar surface area (TPSA) is 113 Å². The van der Waals surface area contributed by atoms with Gasteiger partial charge in [0.15, 0.2) is 6.29 Å². The second kappa shape index (κ2) is 19.1. The van der Waals surface area contributed by atoms with Gasteiger partial charge in [-0.2, -0.15) is 0 Å². The number of anilines is 1. The Hall–Kier alpha value is -5.81. The van der Waals surface area contributed by atoms with Gasteiger partial charge >= 0.3 is 6.03 Å². The molecule has 298 valence electrons. The lowest BCUT2D eigenvalue weighted by Crippen LogP contribution is -2.46. The summed E-state index contributed by atoms with van der Waals surface area (Å²) >= 11 is 0. The van der Waals surface area contributed by atoms with E-state index in [0.29, 0.717) is 24.5 Å². The van der Waals surface area contributed by atoms with Crippen LogP contribution >= 0.6 is 0 Å². The summed E-state index contributed by atoms with van der Waals surface area (Å²) in [5.41, 5.74) is 7.30. The molecule has 1 heterocycles. The smallest absolute Gasteiger partial charge is 0.319 e. The van der Waals surface area contributed by atoms with Crippen LogP contribution in [0.4, 0.5) is 10.5 Å². The molecule has 2 amide bonds. The molecule has 6 aromatic carbocycles. The highest BCUT2D eigenvalue weighted by molar-refractivity contribution is 5.89. The number of benzene rings is 6. The molecule has 1 saturated heterocycles. The fourth-order valence-electron chi connectivity index (χ4n) is 7.23. The van der Waals surface area contributed by atoms with Crippen LogP contribution in [-0.2, 0) is 22.6 Å². The second-order valence-corrected chi connectivity index (χ2v) is 14.9. The Bertz CT molecular complexity index is 2200. The summed E-state index contributed by atoms with van der Waals surface area (Å²) < 4.78 is 19.3. The van der Waals surface area contributed by atoms with Crippen molar-refractivity contribution < 1.29 is 29.2 Å². The van der Waals surface area contributed by atoms with E-state index in [2.05, 4.69) is 46.7 Å². The van der Waals surface area contributed by atoms with E-state index in [1.54, 1.807) is 12.1 Å². The van der Waals surface area contributed by atoms with Crippen molar-refractivity contribution >= 4 is 11.7 Å². The number of nitrogens with zero attached hydrogens (tertiary/aromatic N) is 1. The molecule has 0 spiro atoms. The average Bonchev–Trinajstić information content (AvgIpc) is 3.27. The number of hydrogen-bond donors (Lipinski definition) is 4. The van der Waals surface area contributed by atoms with E-state index in [1.165, 1.54) is 0 Å². The van der Waals surface area contributed by atoms with E-state index in [-0.39, 0.29) is 36.8 Å². The molecular formula is C49H51N3O6. The van der Waals surface area contributed by atoms with Crippen molar-refractivity contribution in [3.63, 3.8) is 0 Å². The first-order valence-corrected chi connectivity index (χ1v) is 19.7. The Morgan fingerprint density at radius 1 is 0.741 bits per heavy atom. The highest BCUT2D eigenvalue weighted by atomic mass is 16.7. The fraction of sp³-hybridized carbons (Fsp3) is 0.245. The zero-order valence-electron chi connectivity index (χ0n) is 33.1. The van der Waals surface area contributed by atoms with E-state index in [9.17, 15) is 15.0 Å². The summed E-state index contributed by atoms with van der Waals surface area (Å²) in [6.45, 7) is 5.10. The molecular weight excluding hydrogens is 727 g/mol. The molecule has 0 bridgehead atoms. The zero-order valence-corrected chi connectivity index (χ0v) is 33.1. The molecule has 0 aliphatic carbocycles. The maximum absolute atomic E-state index is 12.8. The number of para-hydroxylation sites is 1. The Morgan fingerprint density at radius 2 is 1.40 bits per heavy atom. The van der Waals surface area contributed by atoms with E-state index >= 15 is 0 Å². The normalized spacial score (nSPS) is 18.9. The number of aliphatic hydroxyl groups is 2. The van der Waals surface area contributed by atoms with Crippen LogP contribution in [0.1, 0.15) is 60.2 Å². The van der Waals surface area contributed by atoms with Gasteiger partial charge in [0.1, 0.15) is 11.5 Å². The SMILES string of the molecule is C[C@H]1[C@@H](CN(C)[C@H](C)[C@@H](O)c2ccccc2)O[C@@H](c2ccc(-c3cccc(CNC(=O)Nc4ccc(Oc5ccccc5)cc4)c3)cc2)O[C@H]1c1ccc(CO)cc1. The summed E-state index contributed by atoms with van der Waals surface area (Å²) in [4.78, 5) is 14.9. The molecule has 0 aromatic heterocycles. The van der Waals surface area contributed by atoms with Crippen LogP contribution in [0.2, 0.25) is 0 Å². The first kappa shape index (κ1) is 40.4. The molecule has 4 N–H and O–H groups in total. The third kappa shape index (κ3) is 10.2. The van der Waals surface area contributed by atoms with Gasteiger partial charge in [-0.1, -0.05) is 122 Å². The van der Waals surface area contributed by atoms with Crippen LogP contribution in [0.5, 0.6) is 11.5 Å². The minimum Gasteiger partial charge on any atom is -0.457 e. The third-order valence-electron chi connectivity index (χ3n) is 10.9. The number of ether oxygens (including phenoxy) is 3. The second-order valence-electron chi connectivity index (χ2n) is 14.9. The minimum atomic E-state index is -0.650. The molecule has 0 saturated carbocycles. The predicted octanol–water partition coefficient (Wildman–Crippen LogP) is 9.81. The van der Waals surface area contributed by atoms with E-state index in [1.807, 2.05) is 135 Å². The predicted molar refractivity (Wildman–Crippen MR) is 227 cm³/mol. The summed E-state index contributed by atoms with van der Waals surface area (Å²) in [5, 5.41) is 26.7. The molecule has 1 aliphatic rings. The number of likely N-dealkylation sites (N-methyl/N-ethyl adjacent to an activating group) is 1. The van der Waals surface area contributed by atoms with E-state index in [4.69, 9.17) is 14.2 Å². The van der Waals surface area contributed by atoms with Crippen molar-refractivity contribution in [1.29, 1.82) is 0 Å². The van der Waals surface area contributed by atoms with Gasteiger partial charge in [0, 0.05) is 36.3 Å². The minimum absolute atomic E-state index is 0.00229. The Morgan fingerprint density at radius 3 is 2.09 bits per heavy atom. The Balaban J connectivity index is 0.999. The number of nitrogens with one attached hydrogen (secondary N) is 2. The van der Waals surface area contributed by atoms with Gasteiger partial charge in [-0.25, -0.2) is 4.79 Å². The molecule has 6 atom stereocenters. The average molecular weight is 778 g/mol. The number of amides is 2. The summed E-state index contributed by atoms with van der Waals surface area (Å²) in [5.74, 6) is 1.43. The van der Waals surface area contributed by atoms with Gasteiger partial charge in [0.25, 0.3) is 0 Å². The maximum Gasteiger partial charge on any atom is 0.319 e. The van der Waals surface area contributed by atoms with Crippen LogP contribution in [0.3, 0.4) is 0 Å². The molecule has 58 heavy (non-hydrogen) atoms. The number of carbonyl (C=O) groups is 1. The van der Waals surface area contributed by atoms with Gasteiger partial charge in [-0.3, -0.25) is 4.90 Å². The van der Waals surface area contributed by atoms with Gasteiger partial charge < -0.3 is 35.1 Å². The number of carbonyl (C=O) groups excluding carboxylic acids is 1. The van der Waals surface area contributed by atoms with Crippen molar-refractivity contribution in [1.82, 2.24) is 10.2 Å². The number of hydrogen-bond acceptors (Lipinski definition) is 7. The zero-order chi connectivity index (χ0) is 40.4. The van der Waals surface area contributed by atoms with Gasteiger partial charge in [-0.05, 0) is 89.8 Å². The van der Waals surface area contributed by atoms with Crippen molar-refractivity contribution in [2.45, 2.75) is 57.6 Å². The number of urea groups is 1.